The van der Waals surface area contributed by atoms with E-state index in [4.69, 9.17) is 17.3 Å². The summed E-state index contributed by atoms with van der Waals surface area (Å²) in [5.74, 6) is -0.188. The Bertz CT molecular complexity index is 856. The van der Waals surface area contributed by atoms with Gasteiger partial charge in [-0.1, -0.05) is 46.6 Å². The number of rotatable bonds is 4. The molecule has 3 N–H and O–H groups in total. The zero-order valence-electron chi connectivity index (χ0n) is 13.0. The van der Waals surface area contributed by atoms with E-state index in [2.05, 4.69) is 15.6 Å². The summed E-state index contributed by atoms with van der Waals surface area (Å²) in [6.45, 7) is 2.47. The van der Waals surface area contributed by atoms with E-state index < -0.39 is 5.91 Å². The molecule has 122 valence electrons. The number of aryl methyl sites for hydroxylation is 1. The summed E-state index contributed by atoms with van der Waals surface area (Å²) in [6.07, 6.45) is 0. The minimum atomic E-state index is -0.412. The van der Waals surface area contributed by atoms with Crippen LogP contribution in [-0.2, 0) is 6.54 Å². The molecular formula is C17H16ClN5O. The number of carbonyl (C=O) groups is 1. The number of halogens is 1. The fourth-order valence-corrected chi connectivity index (χ4v) is 2.31. The van der Waals surface area contributed by atoms with Gasteiger partial charge in [-0.15, -0.1) is 5.10 Å². The highest BCUT2D eigenvalue weighted by molar-refractivity contribution is 6.30. The van der Waals surface area contributed by atoms with Crippen molar-refractivity contribution in [2.45, 2.75) is 13.5 Å². The smallest absolute Gasteiger partial charge is 0.280 e. The van der Waals surface area contributed by atoms with Crippen molar-refractivity contribution in [1.82, 2.24) is 15.0 Å². The number of aromatic nitrogens is 3. The molecule has 0 unspecified atom stereocenters. The molecule has 0 aliphatic heterocycles. The minimum Gasteiger partial charge on any atom is -0.382 e. The Morgan fingerprint density at radius 3 is 2.50 bits per heavy atom. The largest absolute Gasteiger partial charge is 0.382 e. The van der Waals surface area contributed by atoms with Gasteiger partial charge in [-0.25, -0.2) is 4.68 Å². The van der Waals surface area contributed by atoms with Crippen LogP contribution in [0, 0.1) is 6.92 Å². The Hall–Kier alpha value is -2.86. The molecule has 0 bridgehead atoms. The molecule has 1 amide bonds. The summed E-state index contributed by atoms with van der Waals surface area (Å²) in [7, 11) is 0. The van der Waals surface area contributed by atoms with Gasteiger partial charge in [-0.2, -0.15) is 0 Å². The van der Waals surface area contributed by atoms with E-state index in [1.807, 2.05) is 31.2 Å². The van der Waals surface area contributed by atoms with Crippen molar-refractivity contribution in [2.75, 3.05) is 11.1 Å². The Morgan fingerprint density at radius 2 is 1.83 bits per heavy atom. The van der Waals surface area contributed by atoms with Crippen molar-refractivity contribution < 1.29 is 4.79 Å². The fraction of sp³-hybridized carbons (Fsp3) is 0.118. The Labute approximate surface area is 144 Å². The van der Waals surface area contributed by atoms with Crippen LogP contribution in [0.5, 0.6) is 0 Å². The number of hydrogen-bond donors (Lipinski definition) is 2. The van der Waals surface area contributed by atoms with Crippen molar-refractivity contribution in [2.24, 2.45) is 0 Å². The summed E-state index contributed by atoms with van der Waals surface area (Å²) in [6, 6.07) is 14.8. The monoisotopic (exact) mass is 341 g/mol. The highest BCUT2D eigenvalue weighted by atomic mass is 35.5. The zero-order valence-corrected chi connectivity index (χ0v) is 13.8. The van der Waals surface area contributed by atoms with Crippen LogP contribution < -0.4 is 11.1 Å². The molecule has 3 rings (SSSR count). The molecule has 6 nitrogen and oxygen atoms in total. The van der Waals surface area contributed by atoms with Gasteiger partial charge in [0.05, 0.1) is 6.54 Å². The first-order chi connectivity index (χ1) is 11.5. The number of nitrogens with one attached hydrogen (secondary N) is 1. The van der Waals surface area contributed by atoms with Crippen molar-refractivity contribution >= 4 is 29.0 Å². The second-order valence-electron chi connectivity index (χ2n) is 5.43. The molecule has 2 aromatic carbocycles. The molecule has 0 spiro atoms. The molecule has 24 heavy (non-hydrogen) atoms. The molecule has 1 aromatic heterocycles. The first-order valence-electron chi connectivity index (χ1n) is 7.34. The predicted octanol–water partition coefficient (Wildman–Crippen LogP) is 3.12. The average Bonchev–Trinajstić information content (AvgIpc) is 2.93. The molecule has 7 heteroatoms. The second-order valence-corrected chi connectivity index (χ2v) is 5.86. The summed E-state index contributed by atoms with van der Waals surface area (Å²) >= 11 is 5.82. The van der Waals surface area contributed by atoms with E-state index in [0.717, 1.165) is 5.56 Å². The zero-order chi connectivity index (χ0) is 17.1. The molecular weight excluding hydrogens is 326 g/mol. The highest BCUT2D eigenvalue weighted by Gasteiger charge is 2.17. The third-order valence-corrected chi connectivity index (χ3v) is 3.80. The van der Waals surface area contributed by atoms with E-state index in [1.54, 1.807) is 24.3 Å². The van der Waals surface area contributed by atoms with Crippen LogP contribution in [-0.4, -0.2) is 20.9 Å². The van der Waals surface area contributed by atoms with Gasteiger partial charge in [0.25, 0.3) is 5.91 Å². The van der Waals surface area contributed by atoms with E-state index >= 15 is 0 Å². The van der Waals surface area contributed by atoms with Gasteiger partial charge >= 0.3 is 0 Å². The molecule has 0 aliphatic rings. The number of amides is 1. The lowest BCUT2D eigenvalue weighted by molar-refractivity contribution is 0.102. The molecule has 0 atom stereocenters. The third-order valence-electron chi connectivity index (χ3n) is 3.54. The van der Waals surface area contributed by atoms with Crippen LogP contribution in [0.1, 0.15) is 21.6 Å². The summed E-state index contributed by atoms with van der Waals surface area (Å²) < 4.78 is 1.50. The maximum Gasteiger partial charge on any atom is 0.280 e. The molecule has 0 radical (unpaired) electrons. The van der Waals surface area contributed by atoms with Crippen LogP contribution in [0.15, 0.2) is 48.5 Å². The van der Waals surface area contributed by atoms with Crippen LogP contribution >= 0.6 is 11.6 Å². The van der Waals surface area contributed by atoms with Gasteiger partial charge < -0.3 is 11.1 Å². The standard InChI is InChI=1S/C17H16ClN5O/c1-11-2-4-12(5-3-11)10-23-16(19)15(21-22-23)17(24)20-14-8-6-13(18)7-9-14/h2-9H,10,19H2,1H3,(H,20,24). The van der Waals surface area contributed by atoms with E-state index in [0.29, 0.717) is 17.3 Å². The van der Waals surface area contributed by atoms with E-state index in [9.17, 15) is 4.79 Å². The Kier molecular flexibility index (Phi) is 4.48. The van der Waals surface area contributed by atoms with Gasteiger partial charge in [-0.05, 0) is 36.8 Å². The number of nitrogen functional groups attached to an aromatic ring is 1. The third kappa shape index (κ3) is 3.55. The maximum atomic E-state index is 12.3. The lowest BCUT2D eigenvalue weighted by atomic mass is 10.1. The fourth-order valence-electron chi connectivity index (χ4n) is 2.19. The molecule has 0 saturated heterocycles. The van der Waals surface area contributed by atoms with Crippen molar-refractivity contribution in [3.8, 4) is 0 Å². The first kappa shape index (κ1) is 16.0. The maximum absolute atomic E-state index is 12.3. The summed E-state index contributed by atoms with van der Waals surface area (Å²) in [4.78, 5) is 12.3. The normalized spacial score (nSPS) is 10.6. The lowest BCUT2D eigenvalue weighted by Crippen LogP contribution is -2.15. The van der Waals surface area contributed by atoms with Crippen LogP contribution in [0.4, 0.5) is 11.5 Å². The SMILES string of the molecule is Cc1ccc(Cn2nnc(C(=O)Nc3ccc(Cl)cc3)c2N)cc1. The van der Waals surface area contributed by atoms with Gasteiger partial charge in [0.2, 0.25) is 0 Å². The topological polar surface area (TPSA) is 85.8 Å². The van der Waals surface area contributed by atoms with Crippen molar-refractivity contribution in [3.05, 3.63) is 70.4 Å². The molecule has 0 fully saturated rings. The molecule has 0 aliphatic carbocycles. The highest BCUT2D eigenvalue weighted by Crippen LogP contribution is 2.16. The van der Waals surface area contributed by atoms with Crippen LogP contribution in [0.3, 0.4) is 0 Å². The van der Waals surface area contributed by atoms with Crippen LogP contribution in [0.25, 0.3) is 0 Å². The van der Waals surface area contributed by atoms with E-state index in [1.165, 1.54) is 10.2 Å². The predicted molar refractivity (Wildman–Crippen MR) is 94.1 cm³/mol. The lowest BCUT2D eigenvalue weighted by Gasteiger charge is -2.05. The van der Waals surface area contributed by atoms with Gasteiger partial charge in [-0.3, -0.25) is 4.79 Å². The first-order valence-corrected chi connectivity index (χ1v) is 7.72. The quantitative estimate of drug-likeness (QED) is 0.763. The number of anilines is 2. The van der Waals surface area contributed by atoms with Gasteiger partial charge in [0.1, 0.15) is 0 Å². The van der Waals surface area contributed by atoms with E-state index in [-0.39, 0.29) is 11.5 Å². The number of nitrogens with two attached hydrogens (primary N) is 1. The van der Waals surface area contributed by atoms with Crippen LogP contribution in [0.2, 0.25) is 5.02 Å². The number of nitrogens with zero attached hydrogens (tertiary/aromatic N) is 3. The average molecular weight is 342 g/mol. The van der Waals surface area contributed by atoms with Gasteiger partial charge in [0, 0.05) is 10.7 Å². The van der Waals surface area contributed by atoms with Crippen molar-refractivity contribution in [3.63, 3.8) is 0 Å². The number of carbonyl (C=O) groups excluding carboxylic acids is 1. The summed E-state index contributed by atoms with van der Waals surface area (Å²) in [5, 5.41) is 11.2. The van der Waals surface area contributed by atoms with Crippen molar-refractivity contribution in [1.29, 1.82) is 0 Å². The molecule has 1 heterocycles. The minimum absolute atomic E-state index is 0.0945. The Morgan fingerprint density at radius 1 is 1.17 bits per heavy atom. The molecule has 3 aromatic rings. The second kappa shape index (κ2) is 6.72. The summed E-state index contributed by atoms with van der Waals surface area (Å²) in [5.41, 5.74) is 8.92. The molecule has 0 saturated carbocycles. The Balaban J connectivity index is 1.75. The number of hydrogen-bond acceptors (Lipinski definition) is 4. The number of benzene rings is 2. The van der Waals surface area contributed by atoms with Gasteiger partial charge in [0.15, 0.2) is 11.5 Å².